The van der Waals surface area contributed by atoms with Gasteiger partial charge in [-0.25, -0.2) is 4.79 Å². The van der Waals surface area contributed by atoms with E-state index in [0.29, 0.717) is 6.42 Å². The van der Waals surface area contributed by atoms with E-state index in [4.69, 9.17) is 0 Å². The van der Waals surface area contributed by atoms with Crippen molar-refractivity contribution in [1.29, 1.82) is 0 Å². The summed E-state index contributed by atoms with van der Waals surface area (Å²) < 4.78 is 0. The lowest BCUT2D eigenvalue weighted by Gasteiger charge is -1.76. The van der Waals surface area contributed by atoms with Gasteiger partial charge in [-0.05, 0) is 0 Å². The molecule has 1 heterocycles. The fourth-order valence-corrected chi connectivity index (χ4v) is 0.471. The number of rotatable bonds is 2. The SMILES string of the molecule is O=C=CCc1c[nH]nn1. The molecule has 0 aliphatic carbocycles. The van der Waals surface area contributed by atoms with Gasteiger partial charge in [-0.3, -0.25) is 5.10 Å². The first-order valence-corrected chi connectivity index (χ1v) is 2.48. The Morgan fingerprint density at radius 2 is 2.78 bits per heavy atom. The number of carbonyl (C=O) groups excluding carboxylic acids is 1. The quantitative estimate of drug-likeness (QED) is 0.551. The van der Waals surface area contributed by atoms with Crippen molar-refractivity contribution in [3.05, 3.63) is 18.0 Å². The predicted molar refractivity (Wildman–Crippen MR) is 30.4 cm³/mol. The number of allylic oxidation sites excluding steroid dienone is 1. The number of nitrogens with zero attached hydrogens (tertiary/aromatic N) is 2. The summed E-state index contributed by atoms with van der Waals surface area (Å²) in [6.45, 7) is 0. The van der Waals surface area contributed by atoms with Crippen LogP contribution in [0, 0.1) is 0 Å². The number of H-pyrrole nitrogens is 1. The zero-order chi connectivity index (χ0) is 6.53. The van der Waals surface area contributed by atoms with Crippen molar-refractivity contribution in [2.24, 2.45) is 0 Å². The van der Waals surface area contributed by atoms with Crippen LogP contribution in [0.5, 0.6) is 0 Å². The van der Waals surface area contributed by atoms with E-state index in [-0.39, 0.29) is 0 Å². The first-order valence-electron chi connectivity index (χ1n) is 2.48. The van der Waals surface area contributed by atoms with Crippen LogP contribution in [0.2, 0.25) is 0 Å². The molecular formula is C5H5N3O. The minimum Gasteiger partial charge on any atom is -0.265 e. The van der Waals surface area contributed by atoms with Gasteiger partial charge in [-0.1, -0.05) is 5.21 Å². The minimum absolute atomic E-state index is 0.500. The van der Waals surface area contributed by atoms with Gasteiger partial charge < -0.3 is 0 Å². The second-order valence-corrected chi connectivity index (χ2v) is 1.49. The second-order valence-electron chi connectivity index (χ2n) is 1.49. The fourth-order valence-electron chi connectivity index (χ4n) is 0.471. The van der Waals surface area contributed by atoms with Gasteiger partial charge in [0.15, 0.2) is 0 Å². The molecule has 0 unspecified atom stereocenters. The van der Waals surface area contributed by atoms with Crippen molar-refractivity contribution < 1.29 is 4.79 Å². The molecule has 9 heavy (non-hydrogen) atoms. The zero-order valence-corrected chi connectivity index (χ0v) is 4.66. The fraction of sp³-hybridized carbons (Fsp3) is 0.200. The average molecular weight is 123 g/mol. The second kappa shape index (κ2) is 2.79. The lowest BCUT2D eigenvalue weighted by molar-refractivity contribution is 0.568. The van der Waals surface area contributed by atoms with Crippen LogP contribution in [-0.2, 0) is 11.2 Å². The topological polar surface area (TPSA) is 58.6 Å². The maximum atomic E-state index is 9.66. The molecule has 46 valence electrons. The van der Waals surface area contributed by atoms with Crippen LogP contribution >= 0.6 is 0 Å². The van der Waals surface area contributed by atoms with Gasteiger partial charge in [0.25, 0.3) is 0 Å². The molecule has 0 radical (unpaired) electrons. The molecule has 1 rings (SSSR count). The molecule has 0 aromatic carbocycles. The largest absolute Gasteiger partial charge is 0.265 e. The third kappa shape index (κ3) is 1.51. The molecule has 1 N–H and O–H groups in total. The maximum absolute atomic E-state index is 9.66. The van der Waals surface area contributed by atoms with Crippen LogP contribution in [0.1, 0.15) is 5.69 Å². The van der Waals surface area contributed by atoms with E-state index in [2.05, 4.69) is 15.4 Å². The average Bonchev–Trinajstić information content (AvgIpc) is 2.34. The Morgan fingerprint density at radius 1 is 1.89 bits per heavy atom. The normalized spacial score (nSPS) is 8.44. The van der Waals surface area contributed by atoms with Crippen molar-refractivity contribution in [3.63, 3.8) is 0 Å². The molecule has 0 saturated carbocycles. The van der Waals surface area contributed by atoms with Gasteiger partial charge in [0.1, 0.15) is 5.94 Å². The van der Waals surface area contributed by atoms with Crippen molar-refractivity contribution in [3.8, 4) is 0 Å². The number of aromatic amines is 1. The molecule has 0 aliphatic heterocycles. The van der Waals surface area contributed by atoms with E-state index in [1.54, 1.807) is 12.1 Å². The molecule has 0 bridgehead atoms. The predicted octanol–water partition coefficient (Wildman–Crippen LogP) is -0.265. The van der Waals surface area contributed by atoms with E-state index in [0.717, 1.165) is 5.69 Å². The Balaban J connectivity index is 2.57. The van der Waals surface area contributed by atoms with Crippen LogP contribution in [0.15, 0.2) is 12.3 Å². The smallest absolute Gasteiger partial charge is 0.120 e. The van der Waals surface area contributed by atoms with Gasteiger partial charge in [-0.15, -0.1) is 5.10 Å². The third-order valence-electron chi connectivity index (χ3n) is 0.862. The summed E-state index contributed by atoms with van der Waals surface area (Å²) in [5.74, 6) is 1.65. The van der Waals surface area contributed by atoms with Crippen molar-refractivity contribution >= 4 is 5.94 Å². The van der Waals surface area contributed by atoms with Crippen molar-refractivity contribution in [1.82, 2.24) is 15.4 Å². The number of aromatic nitrogens is 3. The van der Waals surface area contributed by atoms with E-state index in [1.807, 2.05) is 0 Å². The molecule has 1 aromatic heterocycles. The molecule has 0 spiro atoms. The molecule has 0 saturated heterocycles. The molecular weight excluding hydrogens is 118 g/mol. The Morgan fingerprint density at radius 3 is 3.33 bits per heavy atom. The highest BCUT2D eigenvalue weighted by atomic mass is 16.1. The number of hydrogen-bond donors (Lipinski definition) is 1. The molecule has 0 atom stereocenters. The summed E-state index contributed by atoms with van der Waals surface area (Å²) in [5.41, 5.74) is 0.748. The van der Waals surface area contributed by atoms with Gasteiger partial charge >= 0.3 is 0 Å². The van der Waals surface area contributed by atoms with Crippen molar-refractivity contribution in [2.75, 3.05) is 0 Å². The van der Waals surface area contributed by atoms with E-state index in [1.165, 1.54) is 6.08 Å². The monoisotopic (exact) mass is 123 g/mol. The third-order valence-corrected chi connectivity index (χ3v) is 0.862. The summed E-state index contributed by atoms with van der Waals surface area (Å²) >= 11 is 0. The summed E-state index contributed by atoms with van der Waals surface area (Å²) in [5, 5.41) is 9.62. The maximum Gasteiger partial charge on any atom is 0.120 e. The molecule has 1 aromatic rings. The van der Waals surface area contributed by atoms with Gasteiger partial charge in [0, 0.05) is 18.7 Å². The zero-order valence-electron chi connectivity index (χ0n) is 4.66. The van der Waals surface area contributed by atoms with Gasteiger partial charge in [0.2, 0.25) is 0 Å². The Kier molecular flexibility index (Phi) is 1.77. The van der Waals surface area contributed by atoms with Crippen LogP contribution < -0.4 is 0 Å². The molecule has 0 fully saturated rings. The Bertz CT molecular complexity index is 210. The highest BCUT2D eigenvalue weighted by Gasteiger charge is 1.88. The van der Waals surface area contributed by atoms with Crippen LogP contribution in [-0.4, -0.2) is 21.4 Å². The minimum atomic E-state index is 0.500. The van der Waals surface area contributed by atoms with Gasteiger partial charge in [0.05, 0.1) is 5.69 Å². The van der Waals surface area contributed by atoms with Crippen LogP contribution in [0.4, 0.5) is 0 Å². The van der Waals surface area contributed by atoms with E-state index >= 15 is 0 Å². The summed E-state index contributed by atoms with van der Waals surface area (Å²) in [4.78, 5) is 9.66. The number of hydrogen-bond acceptors (Lipinski definition) is 3. The molecule has 4 nitrogen and oxygen atoms in total. The molecule has 0 aliphatic rings. The van der Waals surface area contributed by atoms with Gasteiger partial charge in [-0.2, -0.15) is 0 Å². The standard InChI is InChI=1S/C5H5N3O/c9-3-1-2-5-4-6-8-7-5/h1,4H,2H2,(H,6,7,8). The highest BCUT2D eigenvalue weighted by molar-refractivity contribution is 5.45. The first-order chi connectivity index (χ1) is 4.43. The lowest BCUT2D eigenvalue weighted by atomic mass is 10.3. The van der Waals surface area contributed by atoms with E-state index < -0.39 is 0 Å². The summed E-state index contributed by atoms with van der Waals surface area (Å²) in [7, 11) is 0. The lowest BCUT2D eigenvalue weighted by Crippen LogP contribution is -1.79. The van der Waals surface area contributed by atoms with Crippen molar-refractivity contribution in [2.45, 2.75) is 6.42 Å². The summed E-state index contributed by atoms with van der Waals surface area (Å²) in [6.07, 6.45) is 3.49. The first kappa shape index (κ1) is 5.72. The molecule has 4 heteroatoms. The van der Waals surface area contributed by atoms with Crippen LogP contribution in [0.25, 0.3) is 0 Å². The Labute approximate surface area is 51.6 Å². The Hall–Kier alpha value is -1.41. The number of nitrogens with one attached hydrogen (secondary N) is 1. The van der Waals surface area contributed by atoms with E-state index in [9.17, 15) is 4.79 Å². The summed E-state index contributed by atoms with van der Waals surface area (Å²) in [6, 6.07) is 0. The molecule has 0 amide bonds. The van der Waals surface area contributed by atoms with Crippen LogP contribution in [0.3, 0.4) is 0 Å². The highest BCUT2D eigenvalue weighted by Crippen LogP contribution is 1.88.